The van der Waals surface area contributed by atoms with Crippen molar-refractivity contribution >= 4 is 23.9 Å². The molecule has 0 nitrogen and oxygen atoms in total. The Morgan fingerprint density at radius 1 is 0.429 bits per heavy atom. The zero-order valence-corrected chi connectivity index (χ0v) is 12.3. The van der Waals surface area contributed by atoms with E-state index >= 15 is 0 Å². The van der Waals surface area contributed by atoms with Crippen molar-refractivity contribution in [2.75, 3.05) is 0 Å². The van der Waals surface area contributed by atoms with Gasteiger partial charge in [0.25, 0.3) is 0 Å². The van der Waals surface area contributed by atoms with Gasteiger partial charge in [-0.2, -0.15) is 0 Å². The Balaban J connectivity index is 1.89. The zero-order valence-electron chi connectivity index (χ0n) is 11.5. The molecule has 8 rings (SSSR count). The molecule has 0 saturated carbocycles. The predicted octanol–water partition coefficient (Wildman–Crippen LogP) is 5.99. The highest BCUT2D eigenvalue weighted by atomic mass is 32.2. The summed E-state index contributed by atoms with van der Waals surface area (Å²) in [5, 5.41) is 0. The van der Waals surface area contributed by atoms with Gasteiger partial charge in [-0.1, -0.05) is 72.4 Å². The summed E-state index contributed by atoms with van der Waals surface area (Å²) in [6, 6.07) is 26.2. The zero-order chi connectivity index (χ0) is 14.1. The van der Waals surface area contributed by atoms with Gasteiger partial charge in [0.2, 0.25) is 0 Å². The van der Waals surface area contributed by atoms with E-state index in [1.54, 1.807) is 11.8 Å². The lowest BCUT2D eigenvalue weighted by atomic mass is 10.0. The standard InChI is InChI=1S/C20H14S/c1-2-16-5-11-19(12-6-16)21-20-13-9-18(10-14-20)17-7-3-15(1)4-8-17/h1-14H. The first-order chi connectivity index (χ1) is 10.4. The maximum atomic E-state index is 2.20. The van der Waals surface area contributed by atoms with Crippen LogP contribution >= 0.6 is 11.8 Å². The largest absolute Gasteiger partial charge is 0.0901 e. The fourth-order valence-electron chi connectivity index (χ4n) is 2.48. The fraction of sp³-hybridized carbons (Fsp3) is 0. The predicted molar refractivity (Wildman–Crippen MR) is 91.4 cm³/mol. The molecule has 1 heteroatoms. The van der Waals surface area contributed by atoms with Crippen LogP contribution in [-0.4, -0.2) is 0 Å². The fourth-order valence-corrected chi connectivity index (χ4v) is 3.29. The summed E-state index contributed by atoms with van der Waals surface area (Å²) in [5.74, 6) is 0. The number of hydrogen-bond acceptors (Lipinski definition) is 1. The van der Waals surface area contributed by atoms with Crippen molar-refractivity contribution in [2.45, 2.75) is 9.79 Å². The van der Waals surface area contributed by atoms with Crippen LogP contribution in [-0.2, 0) is 0 Å². The highest BCUT2D eigenvalue weighted by molar-refractivity contribution is 7.99. The van der Waals surface area contributed by atoms with E-state index in [1.807, 2.05) is 0 Å². The molecule has 5 aliphatic rings. The molecule has 0 amide bonds. The molecule has 0 aliphatic carbocycles. The van der Waals surface area contributed by atoms with Gasteiger partial charge in [-0.05, 0) is 46.5 Å². The third-order valence-electron chi connectivity index (χ3n) is 3.68. The minimum atomic E-state index is 1.23. The maximum absolute atomic E-state index is 2.20. The topological polar surface area (TPSA) is 0 Å². The summed E-state index contributed by atoms with van der Waals surface area (Å²) in [4.78, 5) is 2.54. The van der Waals surface area contributed by atoms with E-state index < -0.39 is 0 Å². The van der Waals surface area contributed by atoms with Gasteiger partial charge in [0, 0.05) is 9.79 Å². The summed E-state index contributed by atoms with van der Waals surface area (Å²) >= 11 is 1.80. The van der Waals surface area contributed by atoms with Crippen molar-refractivity contribution in [3.8, 4) is 11.1 Å². The summed E-state index contributed by atoms with van der Waals surface area (Å²) in [5.41, 5.74) is 4.98. The first kappa shape index (κ1) is 12.5. The third-order valence-corrected chi connectivity index (χ3v) is 4.70. The Kier molecular flexibility index (Phi) is 3.13. The second-order valence-electron chi connectivity index (χ2n) is 5.15. The van der Waals surface area contributed by atoms with Crippen LogP contribution in [0.15, 0.2) is 82.6 Å². The van der Waals surface area contributed by atoms with Crippen molar-refractivity contribution in [1.82, 2.24) is 0 Å². The molecule has 0 N–H and O–H groups in total. The molecular formula is C20H14S. The van der Waals surface area contributed by atoms with Crippen LogP contribution in [0.4, 0.5) is 0 Å². The molecule has 0 radical (unpaired) electrons. The number of benzene rings is 3. The molecule has 100 valence electrons. The van der Waals surface area contributed by atoms with Crippen molar-refractivity contribution in [3.63, 3.8) is 0 Å². The van der Waals surface area contributed by atoms with E-state index in [4.69, 9.17) is 0 Å². The number of fused-ring (bicyclic) bond motifs is 1. The SMILES string of the molecule is C1=Cc2ccc(cc2)-c2ccc(cc2)Sc2ccc1cc2. The Morgan fingerprint density at radius 3 is 1.33 bits per heavy atom. The smallest absolute Gasteiger partial charge is 0.0122 e. The van der Waals surface area contributed by atoms with Crippen molar-refractivity contribution in [3.05, 3.63) is 83.9 Å². The van der Waals surface area contributed by atoms with E-state index in [0.717, 1.165) is 0 Å². The molecule has 5 heterocycles. The second-order valence-corrected chi connectivity index (χ2v) is 6.30. The molecular weight excluding hydrogens is 272 g/mol. The summed E-state index contributed by atoms with van der Waals surface area (Å²) in [7, 11) is 0. The molecule has 0 spiro atoms. The van der Waals surface area contributed by atoms with E-state index in [-0.39, 0.29) is 0 Å². The van der Waals surface area contributed by atoms with Gasteiger partial charge in [-0.15, -0.1) is 0 Å². The van der Waals surface area contributed by atoms with E-state index in [1.165, 1.54) is 32.0 Å². The van der Waals surface area contributed by atoms with E-state index in [0.29, 0.717) is 0 Å². The summed E-state index contributed by atoms with van der Waals surface area (Å²) in [6.07, 6.45) is 4.32. The average Bonchev–Trinajstić information content (AvgIpc) is 2.57. The molecule has 21 heavy (non-hydrogen) atoms. The van der Waals surface area contributed by atoms with Crippen LogP contribution in [0.2, 0.25) is 0 Å². The molecule has 0 aromatic heterocycles. The Bertz CT molecular complexity index is 779. The van der Waals surface area contributed by atoms with Crippen molar-refractivity contribution in [2.24, 2.45) is 0 Å². The summed E-state index contributed by atoms with van der Waals surface area (Å²) in [6.45, 7) is 0. The molecule has 0 saturated heterocycles. The quantitative estimate of drug-likeness (QED) is 0.382. The maximum Gasteiger partial charge on any atom is 0.0122 e. The van der Waals surface area contributed by atoms with Gasteiger partial charge in [0.1, 0.15) is 0 Å². The summed E-state index contributed by atoms with van der Waals surface area (Å²) < 4.78 is 0. The van der Waals surface area contributed by atoms with Crippen LogP contribution in [0.1, 0.15) is 11.1 Å². The van der Waals surface area contributed by atoms with E-state index in [9.17, 15) is 0 Å². The normalized spacial score (nSPS) is 12.4. The van der Waals surface area contributed by atoms with Gasteiger partial charge < -0.3 is 0 Å². The minimum Gasteiger partial charge on any atom is -0.0901 e. The molecule has 3 aromatic rings. The Labute approximate surface area is 129 Å². The Morgan fingerprint density at radius 2 is 0.810 bits per heavy atom. The van der Waals surface area contributed by atoms with Crippen LogP contribution in [0, 0.1) is 0 Å². The average molecular weight is 286 g/mol. The third kappa shape index (κ3) is 2.65. The lowest BCUT2D eigenvalue weighted by molar-refractivity contribution is 1.40. The monoisotopic (exact) mass is 286 g/mol. The van der Waals surface area contributed by atoms with Crippen LogP contribution < -0.4 is 0 Å². The number of rotatable bonds is 0. The van der Waals surface area contributed by atoms with Gasteiger partial charge in [-0.25, -0.2) is 0 Å². The minimum absolute atomic E-state index is 1.23. The lowest BCUT2D eigenvalue weighted by Gasteiger charge is -2.05. The van der Waals surface area contributed by atoms with Crippen LogP contribution in [0.3, 0.4) is 0 Å². The molecule has 0 atom stereocenters. The van der Waals surface area contributed by atoms with Gasteiger partial charge in [0.05, 0.1) is 0 Å². The van der Waals surface area contributed by atoms with Gasteiger partial charge >= 0.3 is 0 Å². The van der Waals surface area contributed by atoms with Crippen molar-refractivity contribution < 1.29 is 0 Å². The molecule has 3 aromatic carbocycles. The van der Waals surface area contributed by atoms with Crippen molar-refractivity contribution in [1.29, 1.82) is 0 Å². The highest BCUT2D eigenvalue weighted by Gasteiger charge is 2.01. The molecule has 5 aliphatic heterocycles. The van der Waals surface area contributed by atoms with Gasteiger partial charge in [0.15, 0.2) is 0 Å². The number of hydrogen-bond donors (Lipinski definition) is 0. The highest BCUT2D eigenvalue weighted by Crippen LogP contribution is 2.30. The molecule has 0 fully saturated rings. The molecule has 6 bridgehead atoms. The van der Waals surface area contributed by atoms with E-state index in [2.05, 4.69) is 84.9 Å². The first-order valence-corrected chi connectivity index (χ1v) is 7.85. The second kappa shape index (κ2) is 5.27. The van der Waals surface area contributed by atoms with Gasteiger partial charge in [-0.3, -0.25) is 0 Å². The van der Waals surface area contributed by atoms with Crippen LogP contribution in [0.5, 0.6) is 0 Å². The first-order valence-electron chi connectivity index (χ1n) is 7.03. The molecule has 0 unspecified atom stereocenters. The van der Waals surface area contributed by atoms with Crippen LogP contribution in [0.25, 0.3) is 23.3 Å². The lowest BCUT2D eigenvalue weighted by Crippen LogP contribution is -1.79. The Hall–Kier alpha value is -2.25.